The highest BCUT2D eigenvalue weighted by molar-refractivity contribution is 5.77. The van der Waals surface area contributed by atoms with Gasteiger partial charge >= 0.3 is 0 Å². The Morgan fingerprint density at radius 2 is 2.20 bits per heavy atom. The van der Waals surface area contributed by atoms with E-state index in [-0.39, 0.29) is 5.56 Å². The van der Waals surface area contributed by atoms with Crippen molar-refractivity contribution in [1.29, 1.82) is 0 Å². The van der Waals surface area contributed by atoms with Crippen molar-refractivity contribution in [1.82, 2.24) is 9.55 Å². The van der Waals surface area contributed by atoms with E-state index < -0.39 is 0 Å². The monoisotopic (exact) mass is 202 g/mol. The van der Waals surface area contributed by atoms with Crippen LogP contribution < -0.4 is 5.56 Å². The van der Waals surface area contributed by atoms with E-state index in [1.54, 1.807) is 4.57 Å². The Hall–Kier alpha value is -1.68. The third-order valence-corrected chi connectivity index (χ3v) is 2.63. The second-order valence-electron chi connectivity index (χ2n) is 3.55. The summed E-state index contributed by atoms with van der Waals surface area (Å²) >= 11 is 0. The number of fused-ring (bicyclic) bond motifs is 2. The van der Waals surface area contributed by atoms with Gasteiger partial charge in [0, 0.05) is 0 Å². The maximum absolute atomic E-state index is 12.0. The number of rotatable bonds is 0. The molecule has 0 fully saturated rings. The van der Waals surface area contributed by atoms with Gasteiger partial charge in [-0.2, -0.15) is 0 Å². The molecule has 1 aromatic carbocycles. The van der Waals surface area contributed by atoms with Gasteiger partial charge in [0.15, 0.2) is 0 Å². The fourth-order valence-corrected chi connectivity index (χ4v) is 1.87. The average molecular weight is 202 g/mol. The zero-order chi connectivity index (χ0) is 10.3. The van der Waals surface area contributed by atoms with E-state index in [2.05, 4.69) is 4.98 Å². The fourth-order valence-electron chi connectivity index (χ4n) is 1.87. The van der Waals surface area contributed by atoms with Crippen LogP contribution >= 0.6 is 0 Å². The number of benzene rings is 1. The van der Waals surface area contributed by atoms with Crippen molar-refractivity contribution in [3.63, 3.8) is 0 Å². The maximum Gasteiger partial charge on any atom is 0.261 e. The first-order valence-electron chi connectivity index (χ1n) is 4.92. The highest BCUT2D eigenvalue weighted by Gasteiger charge is 2.13. The van der Waals surface area contributed by atoms with Crippen molar-refractivity contribution in [2.45, 2.75) is 13.2 Å². The van der Waals surface area contributed by atoms with Crippen LogP contribution in [0.3, 0.4) is 0 Å². The van der Waals surface area contributed by atoms with Crippen LogP contribution in [0.1, 0.15) is 5.82 Å². The second-order valence-corrected chi connectivity index (χ2v) is 3.55. The van der Waals surface area contributed by atoms with E-state index in [9.17, 15) is 4.79 Å². The summed E-state index contributed by atoms with van der Waals surface area (Å²) in [4.78, 5) is 16.5. The highest BCUT2D eigenvalue weighted by Crippen LogP contribution is 2.10. The van der Waals surface area contributed by atoms with E-state index >= 15 is 0 Å². The average Bonchev–Trinajstić information content (AvgIpc) is 2.30. The highest BCUT2D eigenvalue weighted by atomic mass is 16.5. The molecule has 1 aliphatic rings. The molecule has 4 nitrogen and oxygen atoms in total. The van der Waals surface area contributed by atoms with E-state index in [0.717, 1.165) is 11.3 Å². The second kappa shape index (κ2) is 3.17. The van der Waals surface area contributed by atoms with E-state index in [1.165, 1.54) is 0 Å². The third-order valence-electron chi connectivity index (χ3n) is 2.63. The summed E-state index contributed by atoms with van der Waals surface area (Å²) in [5, 5.41) is 0.683. The Balaban J connectivity index is 2.41. The molecular formula is C11H10N2O2. The van der Waals surface area contributed by atoms with Crippen LogP contribution in [-0.4, -0.2) is 16.2 Å². The van der Waals surface area contributed by atoms with E-state index in [4.69, 9.17) is 4.74 Å². The van der Waals surface area contributed by atoms with Crippen molar-refractivity contribution < 1.29 is 4.74 Å². The standard InChI is InChI=1S/C11H10N2O2/c14-11-8-3-1-2-4-9(8)12-10-7-15-6-5-13(10)11/h1-4H,5-7H2. The van der Waals surface area contributed by atoms with Gasteiger partial charge in [-0.3, -0.25) is 9.36 Å². The number of hydrogen-bond donors (Lipinski definition) is 0. The number of nitrogens with zero attached hydrogens (tertiary/aromatic N) is 2. The number of ether oxygens (including phenoxy) is 1. The predicted octanol–water partition coefficient (Wildman–Crippen LogP) is 0.927. The van der Waals surface area contributed by atoms with Gasteiger partial charge in [0.05, 0.1) is 24.1 Å². The normalized spacial score (nSPS) is 15.2. The Morgan fingerprint density at radius 1 is 1.33 bits per heavy atom. The topological polar surface area (TPSA) is 44.1 Å². The van der Waals surface area contributed by atoms with Crippen molar-refractivity contribution in [2.75, 3.05) is 6.61 Å². The van der Waals surface area contributed by atoms with Gasteiger partial charge in [0.1, 0.15) is 12.4 Å². The van der Waals surface area contributed by atoms with Crippen LogP contribution in [0, 0.1) is 0 Å². The zero-order valence-corrected chi connectivity index (χ0v) is 8.14. The van der Waals surface area contributed by atoms with Gasteiger partial charge in [-0.25, -0.2) is 4.98 Å². The molecule has 0 aliphatic carbocycles. The number of hydrogen-bond acceptors (Lipinski definition) is 3. The van der Waals surface area contributed by atoms with Gasteiger partial charge in [-0.1, -0.05) is 12.1 Å². The molecule has 76 valence electrons. The molecule has 0 saturated heterocycles. The molecule has 0 unspecified atom stereocenters. The van der Waals surface area contributed by atoms with Crippen LogP contribution in [-0.2, 0) is 17.9 Å². The lowest BCUT2D eigenvalue weighted by molar-refractivity contribution is 0.0788. The van der Waals surface area contributed by atoms with E-state index in [0.29, 0.717) is 25.1 Å². The quantitative estimate of drug-likeness (QED) is 0.638. The van der Waals surface area contributed by atoms with Crippen molar-refractivity contribution in [3.8, 4) is 0 Å². The largest absolute Gasteiger partial charge is 0.372 e. The lowest BCUT2D eigenvalue weighted by atomic mass is 10.2. The first-order valence-corrected chi connectivity index (χ1v) is 4.92. The van der Waals surface area contributed by atoms with Gasteiger partial charge in [-0.15, -0.1) is 0 Å². The van der Waals surface area contributed by atoms with Crippen molar-refractivity contribution in [3.05, 3.63) is 40.4 Å². The summed E-state index contributed by atoms with van der Waals surface area (Å²) in [5.41, 5.74) is 0.790. The molecule has 0 radical (unpaired) electrons. The number of aromatic nitrogens is 2. The van der Waals surface area contributed by atoms with Crippen LogP contribution in [0.5, 0.6) is 0 Å². The van der Waals surface area contributed by atoms with Crippen LogP contribution in [0.25, 0.3) is 10.9 Å². The lowest BCUT2D eigenvalue weighted by Crippen LogP contribution is -2.31. The lowest BCUT2D eigenvalue weighted by Gasteiger charge is -2.18. The molecule has 0 spiro atoms. The molecule has 0 atom stereocenters. The van der Waals surface area contributed by atoms with Gasteiger partial charge in [-0.05, 0) is 12.1 Å². The van der Waals surface area contributed by atoms with Gasteiger partial charge in [0.2, 0.25) is 0 Å². The summed E-state index contributed by atoms with van der Waals surface area (Å²) in [6.07, 6.45) is 0. The van der Waals surface area contributed by atoms with Crippen molar-refractivity contribution in [2.24, 2.45) is 0 Å². The smallest absolute Gasteiger partial charge is 0.261 e. The summed E-state index contributed by atoms with van der Waals surface area (Å²) in [6, 6.07) is 7.41. The minimum atomic E-state index is 0.0406. The molecule has 1 aliphatic heterocycles. The predicted molar refractivity (Wildman–Crippen MR) is 55.7 cm³/mol. The molecule has 4 heteroatoms. The molecule has 0 amide bonds. The first kappa shape index (κ1) is 8.61. The summed E-state index contributed by atoms with van der Waals surface area (Å²) in [5.74, 6) is 0.727. The van der Waals surface area contributed by atoms with E-state index in [1.807, 2.05) is 24.3 Å². The Morgan fingerprint density at radius 3 is 3.13 bits per heavy atom. The summed E-state index contributed by atoms with van der Waals surface area (Å²) in [6.45, 7) is 1.62. The third kappa shape index (κ3) is 1.26. The van der Waals surface area contributed by atoms with Crippen molar-refractivity contribution >= 4 is 10.9 Å². The Labute approximate surface area is 86.1 Å². The summed E-state index contributed by atoms with van der Waals surface area (Å²) < 4.78 is 6.98. The minimum absolute atomic E-state index is 0.0406. The van der Waals surface area contributed by atoms with Crippen LogP contribution in [0.15, 0.2) is 29.1 Å². The molecule has 0 saturated carbocycles. The molecular weight excluding hydrogens is 192 g/mol. The number of para-hydroxylation sites is 1. The minimum Gasteiger partial charge on any atom is -0.372 e. The molecule has 2 heterocycles. The van der Waals surface area contributed by atoms with Gasteiger partial charge < -0.3 is 4.74 Å². The SMILES string of the molecule is O=c1c2ccccc2nc2n1CCOC2. The molecule has 1 aromatic heterocycles. The molecule has 3 rings (SSSR count). The van der Waals surface area contributed by atoms with Crippen LogP contribution in [0.2, 0.25) is 0 Å². The first-order chi connectivity index (χ1) is 7.36. The molecule has 0 bridgehead atoms. The van der Waals surface area contributed by atoms with Crippen LogP contribution in [0.4, 0.5) is 0 Å². The Kier molecular flexibility index (Phi) is 1.82. The Bertz CT molecular complexity index is 574. The maximum atomic E-state index is 12.0. The molecule has 0 N–H and O–H groups in total. The van der Waals surface area contributed by atoms with Gasteiger partial charge in [0.25, 0.3) is 5.56 Å². The zero-order valence-electron chi connectivity index (χ0n) is 8.14. The summed E-state index contributed by atoms with van der Waals surface area (Å²) in [7, 11) is 0. The molecule has 2 aromatic rings. The molecule has 15 heavy (non-hydrogen) atoms. The fraction of sp³-hybridized carbons (Fsp3) is 0.273.